The fraction of sp³-hybridized carbons (Fsp3) is 0.400. The zero-order valence-electron chi connectivity index (χ0n) is 7.53. The van der Waals surface area contributed by atoms with Gasteiger partial charge >= 0.3 is 0 Å². The minimum absolute atomic E-state index is 0.234. The third kappa shape index (κ3) is 2.72. The van der Waals surface area contributed by atoms with Crippen molar-refractivity contribution < 1.29 is 14.9 Å². The number of aliphatic hydroxyl groups excluding tert-OH is 2. The van der Waals surface area contributed by atoms with Crippen LogP contribution in [0.3, 0.4) is 0 Å². The number of ether oxygens (including phenoxy) is 1. The molecular weight excluding hydrogens is 168 g/mol. The van der Waals surface area contributed by atoms with Crippen LogP contribution in [0.2, 0.25) is 0 Å². The molecule has 0 fully saturated rings. The maximum atomic E-state index is 9.22. The van der Waals surface area contributed by atoms with Crippen LogP contribution in [-0.4, -0.2) is 30.0 Å². The van der Waals surface area contributed by atoms with E-state index in [1.54, 1.807) is 19.2 Å². The van der Waals surface area contributed by atoms with E-state index in [1.165, 1.54) is 0 Å². The van der Waals surface area contributed by atoms with Crippen LogP contribution >= 0.6 is 0 Å². The quantitative estimate of drug-likeness (QED) is 0.706. The van der Waals surface area contributed by atoms with Crippen molar-refractivity contribution in [2.24, 2.45) is 0 Å². The van der Waals surface area contributed by atoms with E-state index < -0.39 is 6.10 Å². The van der Waals surface area contributed by atoms with Crippen LogP contribution in [0.25, 0.3) is 0 Å². The SMILES string of the molecule is COc1c[c]ccc1CC(O)CO. The monoisotopic (exact) mass is 181 g/mol. The van der Waals surface area contributed by atoms with Crippen molar-refractivity contribution in [1.82, 2.24) is 0 Å². The van der Waals surface area contributed by atoms with Crippen molar-refractivity contribution in [3.05, 3.63) is 29.8 Å². The Balaban J connectivity index is 2.74. The molecule has 1 aromatic rings. The number of rotatable bonds is 4. The molecule has 2 N–H and O–H groups in total. The highest BCUT2D eigenvalue weighted by atomic mass is 16.5. The number of hydrogen-bond donors (Lipinski definition) is 2. The second kappa shape index (κ2) is 4.84. The lowest BCUT2D eigenvalue weighted by atomic mass is 10.1. The summed E-state index contributed by atoms with van der Waals surface area (Å²) in [6, 6.07) is 8.15. The van der Waals surface area contributed by atoms with Gasteiger partial charge in [-0.25, -0.2) is 0 Å². The Morgan fingerprint density at radius 3 is 3.00 bits per heavy atom. The van der Waals surface area contributed by atoms with Crippen molar-refractivity contribution in [3.63, 3.8) is 0 Å². The summed E-state index contributed by atoms with van der Waals surface area (Å²) in [5, 5.41) is 17.9. The van der Waals surface area contributed by atoms with Gasteiger partial charge in [0.2, 0.25) is 0 Å². The van der Waals surface area contributed by atoms with E-state index in [-0.39, 0.29) is 6.61 Å². The third-order valence-corrected chi connectivity index (χ3v) is 1.80. The molecule has 1 radical (unpaired) electrons. The highest BCUT2D eigenvalue weighted by Gasteiger charge is 2.07. The van der Waals surface area contributed by atoms with Crippen LogP contribution in [0.5, 0.6) is 5.75 Å². The summed E-state index contributed by atoms with van der Waals surface area (Å²) in [5.74, 6) is 0.690. The number of benzene rings is 1. The lowest BCUT2D eigenvalue weighted by molar-refractivity contribution is 0.0950. The molecule has 71 valence electrons. The predicted molar refractivity (Wildman–Crippen MR) is 48.6 cm³/mol. The van der Waals surface area contributed by atoms with E-state index in [0.717, 1.165) is 5.56 Å². The molecule has 0 spiro atoms. The molecule has 0 amide bonds. The predicted octanol–water partition coefficient (Wildman–Crippen LogP) is 0.391. The van der Waals surface area contributed by atoms with E-state index in [9.17, 15) is 5.11 Å². The van der Waals surface area contributed by atoms with Crippen molar-refractivity contribution in [2.75, 3.05) is 13.7 Å². The molecule has 0 aromatic heterocycles. The van der Waals surface area contributed by atoms with Gasteiger partial charge in [-0.05, 0) is 17.7 Å². The van der Waals surface area contributed by atoms with E-state index in [4.69, 9.17) is 9.84 Å². The summed E-state index contributed by atoms with van der Waals surface area (Å²) in [7, 11) is 1.57. The van der Waals surface area contributed by atoms with Crippen molar-refractivity contribution in [3.8, 4) is 5.75 Å². The molecule has 0 aliphatic heterocycles. The summed E-state index contributed by atoms with van der Waals surface area (Å²) < 4.78 is 5.07. The van der Waals surface area contributed by atoms with Crippen LogP contribution in [0.4, 0.5) is 0 Å². The summed E-state index contributed by atoms with van der Waals surface area (Å²) in [5.41, 5.74) is 0.878. The van der Waals surface area contributed by atoms with Gasteiger partial charge in [0, 0.05) is 6.42 Å². The zero-order valence-corrected chi connectivity index (χ0v) is 7.53. The van der Waals surface area contributed by atoms with Crippen molar-refractivity contribution >= 4 is 0 Å². The van der Waals surface area contributed by atoms with Crippen LogP contribution in [-0.2, 0) is 6.42 Å². The Labute approximate surface area is 77.6 Å². The van der Waals surface area contributed by atoms with E-state index in [0.29, 0.717) is 12.2 Å². The number of methoxy groups -OCH3 is 1. The molecule has 1 unspecified atom stereocenters. The standard InChI is InChI=1S/C10H13O3/c1-13-10-5-3-2-4-8(10)6-9(12)7-11/h2,4-5,9,11-12H,6-7H2,1H3. The summed E-state index contributed by atoms with van der Waals surface area (Å²) in [6.45, 7) is -0.234. The Morgan fingerprint density at radius 1 is 1.62 bits per heavy atom. The second-order valence-electron chi connectivity index (χ2n) is 2.78. The molecule has 1 aromatic carbocycles. The molecule has 1 rings (SSSR count). The summed E-state index contributed by atoms with van der Waals surface area (Å²) in [6.07, 6.45) is -0.328. The van der Waals surface area contributed by atoms with Crippen LogP contribution in [0.15, 0.2) is 18.2 Å². The van der Waals surface area contributed by atoms with Crippen LogP contribution in [0.1, 0.15) is 5.56 Å². The molecule has 0 heterocycles. The van der Waals surface area contributed by atoms with E-state index in [2.05, 4.69) is 6.07 Å². The molecule has 0 aliphatic carbocycles. The molecule has 0 saturated carbocycles. The second-order valence-corrected chi connectivity index (χ2v) is 2.78. The Kier molecular flexibility index (Phi) is 3.73. The van der Waals surface area contributed by atoms with E-state index >= 15 is 0 Å². The number of hydrogen-bond acceptors (Lipinski definition) is 3. The fourth-order valence-electron chi connectivity index (χ4n) is 1.12. The Bertz CT molecular complexity index is 260. The minimum Gasteiger partial charge on any atom is -0.496 e. The molecule has 0 aliphatic rings. The van der Waals surface area contributed by atoms with Gasteiger partial charge in [0.05, 0.1) is 19.8 Å². The zero-order chi connectivity index (χ0) is 9.68. The van der Waals surface area contributed by atoms with Gasteiger partial charge in [-0.1, -0.05) is 12.1 Å². The van der Waals surface area contributed by atoms with Gasteiger partial charge in [-0.2, -0.15) is 0 Å². The van der Waals surface area contributed by atoms with Gasteiger partial charge in [0.25, 0.3) is 0 Å². The first kappa shape index (κ1) is 10.0. The van der Waals surface area contributed by atoms with Gasteiger partial charge in [0.15, 0.2) is 0 Å². The van der Waals surface area contributed by atoms with Gasteiger partial charge < -0.3 is 14.9 Å². The smallest absolute Gasteiger partial charge is 0.122 e. The number of aliphatic hydroxyl groups is 2. The first-order valence-corrected chi connectivity index (χ1v) is 4.09. The fourth-order valence-corrected chi connectivity index (χ4v) is 1.12. The topological polar surface area (TPSA) is 49.7 Å². The maximum Gasteiger partial charge on any atom is 0.122 e. The maximum absolute atomic E-state index is 9.22. The van der Waals surface area contributed by atoms with Gasteiger partial charge in [-0.3, -0.25) is 0 Å². The first-order valence-electron chi connectivity index (χ1n) is 4.09. The Hall–Kier alpha value is -1.06. The lowest BCUT2D eigenvalue weighted by Crippen LogP contribution is -2.15. The first-order chi connectivity index (χ1) is 6.27. The molecule has 3 nitrogen and oxygen atoms in total. The minimum atomic E-state index is -0.726. The van der Waals surface area contributed by atoms with Crippen LogP contribution < -0.4 is 4.74 Å². The molecule has 3 heteroatoms. The average molecular weight is 181 g/mol. The normalized spacial score (nSPS) is 12.5. The van der Waals surface area contributed by atoms with Gasteiger partial charge in [-0.15, -0.1) is 0 Å². The summed E-state index contributed by atoms with van der Waals surface area (Å²) in [4.78, 5) is 0. The summed E-state index contributed by atoms with van der Waals surface area (Å²) >= 11 is 0. The van der Waals surface area contributed by atoms with Crippen molar-refractivity contribution in [1.29, 1.82) is 0 Å². The highest BCUT2D eigenvalue weighted by Crippen LogP contribution is 2.18. The average Bonchev–Trinajstić information content (AvgIpc) is 2.18. The molecule has 1 atom stereocenters. The molecule has 0 saturated heterocycles. The van der Waals surface area contributed by atoms with Gasteiger partial charge in [0.1, 0.15) is 5.75 Å². The molecular formula is C10H13O3. The van der Waals surface area contributed by atoms with Crippen molar-refractivity contribution in [2.45, 2.75) is 12.5 Å². The van der Waals surface area contributed by atoms with Crippen LogP contribution in [0, 0.1) is 6.07 Å². The lowest BCUT2D eigenvalue weighted by Gasteiger charge is -2.10. The molecule has 13 heavy (non-hydrogen) atoms. The Morgan fingerprint density at radius 2 is 2.38 bits per heavy atom. The molecule has 0 bridgehead atoms. The highest BCUT2D eigenvalue weighted by molar-refractivity contribution is 5.33. The largest absolute Gasteiger partial charge is 0.496 e. The third-order valence-electron chi connectivity index (χ3n) is 1.80. The van der Waals surface area contributed by atoms with E-state index in [1.807, 2.05) is 6.07 Å².